The first kappa shape index (κ1) is 14.7. The Kier molecular flexibility index (Phi) is 3.45. The van der Waals surface area contributed by atoms with Crippen LogP contribution in [0.2, 0.25) is 0 Å². The van der Waals surface area contributed by atoms with Gasteiger partial charge in [0.25, 0.3) is 5.91 Å². The van der Waals surface area contributed by atoms with E-state index in [4.69, 9.17) is 4.74 Å². The standard InChI is InChI=1S/C18H18N4O2/c1-11-7-8-15-12(11)9-13(17-21-19-10-22(15)17)18(23)20-14-5-3-4-6-16(14)24-2/h3-6,9-11H,7-8H2,1-2H3,(H,20,23)/t11-/m0/s1. The number of methoxy groups -OCH3 is 1. The minimum atomic E-state index is -0.209. The molecule has 122 valence electrons. The first-order chi connectivity index (χ1) is 11.7. The van der Waals surface area contributed by atoms with Crippen molar-refractivity contribution >= 4 is 17.2 Å². The maximum absolute atomic E-state index is 12.9. The third-order valence-electron chi connectivity index (χ3n) is 4.66. The van der Waals surface area contributed by atoms with Crippen LogP contribution in [0.5, 0.6) is 5.75 Å². The Balaban J connectivity index is 1.78. The fourth-order valence-electron chi connectivity index (χ4n) is 3.36. The van der Waals surface area contributed by atoms with Gasteiger partial charge in [0.1, 0.15) is 12.1 Å². The van der Waals surface area contributed by atoms with E-state index in [2.05, 4.69) is 22.4 Å². The lowest BCUT2D eigenvalue weighted by Gasteiger charge is -2.13. The van der Waals surface area contributed by atoms with Crippen LogP contribution < -0.4 is 10.1 Å². The van der Waals surface area contributed by atoms with Gasteiger partial charge in [-0.25, -0.2) is 0 Å². The average molecular weight is 322 g/mol. The van der Waals surface area contributed by atoms with Crippen LogP contribution in [-0.4, -0.2) is 27.6 Å². The first-order valence-corrected chi connectivity index (χ1v) is 7.99. The highest BCUT2D eigenvalue weighted by Gasteiger charge is 2.26. The van der Waals surface area contributed by atoms with Crippen molar-refractivity contribution in [1.29, 1.82) is 0 Å². The monoisotopic (exact) mass is 322 g/mol. The molecule has 1 aliphatic carbocycles. The van der Waals surface area contributed by atoms with Crippen molar-refractivity contribution in [1.82, 2.24) is 14.6 Å². The van der Waals surface area contributed by atoms with Gasteiger partial charge >= 0.3 is 0 Å². The largest absolute Gasteiger partial charge is 0.495 e. The van der Waals surface area contributed by atoms with E-state index in [0.29, 0.717) is 28.6 Å². The Labute approximate surface area is 139 Å². The van der Waals surface area contributed by atoms with Crippen LogP contribution in [0.1, 0.15) is 40.9 Å². The molecule has 0 saturated heterocycles. The van der Waals surface area contributed by atoms with Crippen LogP contribution in [0, 0.1) is 0 Å². The second-order valence-corrected chi connectivity index (χ2v) is 6.08. The molecule has 1 N–H and O–H groups in total. The van der Waals surface area contributed by atoms with Crippen LogP contribution in [0.4, 0.5) is 5.69 Å². The van der Waals surface area contributed by atoms with Crippen molar-refractivity contribution in [2.75, 3.05) is 12.4 Å². The zero-order valence-corrected chi connectivity index (χ0v) is 13.6. The van der Waals surface area contributed by atoms with Crippen molar-refractivity contribution < 1.29 is 9.53 Å². The molecule has 1 amide bonds. The van der Waals surface area contributed by atoms with Crippen molar-refractivity contribution in [3.05, 3.63) is 53.5 Å². The average Bonchev–Trinajstić information content (AvgIpc) is 3.21. The SMILES string of the molecule is COc1ccccc1NC(=O)c1cc2c(n3cnnc13)CC[C@@H]2C. The van der Waals surface area contributed by atoms with Crippen molar-refractivity contribution in [2.24, 2.45) is 0 Å². The van der Waals surface area contributed by atoms with Crippen LogP contribution in [0.15, 0.2) is 36.7 Å². The van der Waals surface area contributed by atoms with E-state index in [1.807, 2.05) is 34.7 Å². The zero-order valence-electron chi connectivity index (χ0n) is 13.6. The number of nitrogens with one attached hydrogen (secondary N) is 1. The molecule has 0 bridgehead atoms. The molecule has 2 heterocycles. The number of nitrogens with zero attached hydrogens (tertiary/aromatic N) is 3. The molecule has 4 rings (SSSR count). The Morgan fingerprint density at radius 2 is 2.21 bits per heavy atom. The molecule has 0 aliphatic heterocycles. The second-order valence-electron chi connectivity index (χ2n) is 6.08. The molecule has 0 fully saturated rings. The highest BCUT2D eigenvalue weighted by molar-refractivity contribution is 6.09. The quantitative estimate of drug-likeness (QED) is 0.805. The maximum atomic E-state index is 12.9. The predicted molar refractivity (Wildman–Crippen MR) is 90.7 cm³/mol. The Morgan fingerprint density at radius 3 is 3.04 bits per heavy atom. The highest BCUT2D eigenvalue weighted by atomic mass is 16.5. The molecule has 1 aliphatic rings. The van der Waals surface area contributed by atoms with Crippen LogP contribution in [-0.2, 0) is 6.42 Å². The first-order valence-electron chi connectivity index (χ1n) is 7.99. The number of pyridine rings is 1. The molecule has 1 atom stereocenters. The smallest absolute Gasteiger partial charge is 0.259 e. The number of carbonyl (C=O) groups excluding carboxylic acids is 1. The summed E-state index contributed by atoms with van der Waals surface area (Å²) in [6, 6.07) is 9.31. The Bertz CT molecular complexity index is 932. The molecular formula is C18H18N4O2. The summed E-state index contributed by atoms with van der Waals surface area (Å²) >= 11 is 0. The number of aryl methyl sites for hydroxylation is 1. The molecule has 3 aromatic rings. The van der Waals surface area contributed by atoms with Gasteiger partial charge in [0.15, 0.2) is 5.65 Å². The molecule has 0 radical (unpaired) electrons. The number of fused-ring (bicyclic) bond motifs is 3. The van der Waals surface area contributed by atoms with Gasteiger partial charge in [-0.1, -0.05) is 19.1 Å². The number of aromatic nitrogens is 3. The number of carbonyl (C=O) groups is 1. The molecule has 0 unspecified atom stereocenters. The van der Waals surface area contributed by atoms with E-state index >= 15 is 0 Å². The van der Waals surface area contributed by atoms with E-state index in [9.17, 15) is 4.79 Å². The number of amides is 1. The van der Waals surface area contributed by atoms with Gasteiger partial charge in [0.05, 0.1) is 18.4 Å². The Hall–Kier alpha value is -2.89. The minimum Gasteiger partial charge on any atom is -0.495 e. The maximum Gasteiger partial charge on any atom is 0.259 e. The molecule has 2 aromatic heterocycles. The Morgan fingerprint density at radius 1 is 1.38 bits per heavy atom. The molecule has 0 spiro atoms. The third kappa shape index (κ3) is 2.22. The number of rotatable bonds is 3. The van der Waals surface area contributed by atoms with Gasteiger partial charge in [-0.3, -0.25) is 9.20 Å². The van der Waals surface area contributed by atoms with Crippen molar-refractivity contribution in [3.63, 3.8) is 0 Å². The minimum absolute atomic E-state index is 0.209. The molecule has 24 heavy (non-hydrogen) atoms. The van der Waals surface area contributed by atoms with Gasteiger partial charge in [0.2, 0.25) is 0 Å². The number of benzene rings is 1. The summed E-state index contributed by atoms with van der Waals surface area (Å²) in [6.45, 7) is 2.18. The molecule has 0 saturated carbocycles. The topological polar surface area (TPSA) is 68.5 Å². The molecular weight excluding hydrogens is 304 g/mol. The van der Waals surface area contributed by atoms with Crippen LogP contribution >= 0.6 is 0 Å². The summed E-state index contributed by atoms with van der Waals surface area (Å²) < 4.78 is 7.24. The summed E-state index contributed by atoms with van der Waals surface area (Å²) in [5.74, 6) is 0.849. The number of hydrogen-bond acceptors (Lipinski definition) is 4. The summed E-state index contributed by atoms with van der Waals surface area (Å²) in [4.78, 5) is 12.9. The van der Waals surface area contributed by atoms with Gasteiger partial charge in [0, 0.05) is 5.69 Å². The fourth-order valence-corrected chi connectivity index (χ4v) is 3.36. The normalized spacial score (nSPS) is 16.2. The van der Waals surface area contributed by atoms with Crippen LogP contribution in [0.25, 0.3) is 5.65 Å². The molecule has 1 aromatic carbocycles. The number of hydrogen-bond donors (Lipinski definition) is 1. The van der Waals surface area contributed by atoms with Gasteiger partial charge in [-0.2, -0.15) is 0 Å². The predicted octanol–water partition coefficient (Wildman–Crippen LogP) is 3.04. The number of para-hydroxylation sites is 2. The lowest BCUT2D eigenvalue weighted by molar-refractivity contribution is 0.102. The zero-order chi connectivity index (χ0) is 16.7. The lowest BCUT2D eigenvalue weighted by Crippen LogP contribution is -2.15. The van der Waals surface area contributed by atoms with Gasteiger partial charge in [-0.05, 0) is 42.5 Å². The van der Waals surface area contributed by atoms with Gasteiger partial charge < -0.3 is 10.1 Å². The number of ether oxygens (including phenoxy) is 1. The molecule has 6 heteroatoms. The van der Waals surface area contributed by atoms with E-state index in [-0.39, 0.29) is 5.91 Å². The summed E-state index contributed by atoms with van der Waals surface area (Å²) in [5, 5.41) is 11.1. The lowest BCUT2D eigenvalue weighted by atomic mass is 10.0. The fraction of sp³-hybridized carbons (Fsp3) is 0.278. The number of anilines is 1. The van der Waals surface area contributed by atoms with E-state index in [0.717, 1.165) is 12.8 Å². The van der Waals surface area contributed by atoms with Crippen molar-refractivity contribution in [3.8, 4) is 5.75 Å². The summed E-state index contributed by atoms with van der Waals surface area (Å²) in [6.07, 6.45) is 3.76. The van der Waals surface area contributed by atoms with E-state index in [1.54, 1.807) is 13.4 Å². The molecule has 6 nitrogen and oxygen atoms in total. The van der Waals surface area contributed by atoms with Crippen LogP contribution in [0.3, 0.4) is 0 Å². The van der Waals surface area contributed by atoms with Gasteiger partial charge in [-0.15, -0.1) is 10.2 Å². The third-order valence-corrected chi connectivity index (χ3v) is 4.66. The van der Waals surface area contributed by atoms with E-state index < -0.39 is 0 Å². The summed E-state index contributed by atoms with van der Waals surface area (Å²) in [5.41, 5.74) is 4.17. The summed E-state index contributed by atoms with van der Waals surface area (Å²) in [7, 11) is 1.58. The second kappa shape index (κ2) is 5.63. The highest BCUT2D eigenvalue weighted by Crippen LogP contribution is 2.34. The van der Waals surface area contributed by atoms with E-state index in [1.165, 1.54) is 11.3 Å². The van der Waals surface area contributed by atoms with Crippen molar-refractivity contribution in [2.45, 2.75) is 25.7 Å².